The van der Waals surface area contributed by atoms with Gasteiger partial charge in [0.25, 0.3) is 12.3 Å². The Morgan fingerprint density at radius 2 is 1.85 bits per heavy atom. The van der Waals surface area contributed by atoms with Gasteiger partial charge in [0.1, 0.15) is 22.8 Å². The van der Waals surface area contributed by atoms with Crippen molar-refractivity contribution in [2.75, 3.05) is 0 Å². The first-order valence-electron chi connectivity index (χ1n) is 10.1. The molecule has 174 valence electrons. The molecule has 3 aromatic rings. The molecule has 1 aromatic heterocycles. The van der Waals surface area contributed by atoms with Crippen molar-refractivity contribution in [3.8, 4) is 11.6 Å². The van der Waals surface area contributed by atoms with E-state index < -0.39 is 41.4 Å². The number of ether oxygens (including phenoxy) is 1. The zero-order valence-electron chi connectivity index (χ0n) is 18.1. The number of aryl methyl sites for hydroxylation is 2. The first kappa shape index (κ1) is 23.8. The Morgan fingerprint density at radius 3 is 2.42 bits per heavy atom. The molecule has 1 atom stereocenters. The topological polar surface area (TPSA) is 93.4 Å². The summed E-state index contributed by atoms with van der Waals surface area (Å²) in [7, 11) is 1.36. The van der Waals surface area contributed by atoms with E-state index in [4.69, 9.17) is 9.84 Å². The molecule has 1 amide bonds. The molecule has 0 aliphatic heterocycles. The maximum Gasteiger partial charge on any atom is 0.335 e. The van der Waals surface area contributed by atoms with E-state index in [1.54, 1.807) is 13.8 Å². The van der Waals surface area contributed by atoms with E-state index in [0.29, 0.717) is 17.5 Å². The van der Waals surface area contributed by atoms with Gasteiger partial charge in [-0.25, -0.2) is 22.6 Å². The number of nitrogens with one attached hydrogen (secondary N) is 1. The number of aromatic carboxylic acids is 1. The van der Waals surface area contributed by atoms with Gasteiger partial charge in [-0.3, -0.25) is 4.79 Å². The summed E-state index contributed by atoms with van der Waals surface area (Å²) in [6, 6.07) is 9.13. The van der Waals surface area contributed by atoms with Gasteiger partial charge in [0.05, 0.1) is 11.6 Å². The smallest absolute Gasteiger partial charge is 0.335 e. The highest BCUT2D eigenvalue weighted by atomic mass is 19.3. The molecule has 3 rings (SSSR count). The van der Waals surface area contributed by atoms with E-state index in [9.17, 15) is 22.8 Å². The fourth-order valence-electron chi connectivity index (χ4n) is 3.28. The number of carboxylic acids is 1. The SMILES string of the molecule is CCc1cc(Oc2c(C(=O)N[C@@H](C)c3ccc(C(=O)O)cc3)c(C(F)F)nn2C)ccc1F. The second kappa shape index (κ2) is 9.76. The van der Waals surface area contributed by atoms with Gasteiger partial charge in [-0.1, -0.05) is 19.1 Å². The van der Waals surface area contributed by atoms with Crippen molar-refractivity contribution >= 4 is 11.9 Å². The summed E-state index contributed by atoms with van der Waals surface area (Å²) < 4.78 is 47.8. The van der Waals surface area contributed by atoms with Gasteiger partial charge < -0.3 is 15.2 Å². The zero-order chi connectivity index (χ0) is 24.3. The molecule has 0 unspecified atom stereocenters. The van der Waals surface area contributed by atoms with E-state index in [0.717, 1.165) is 4.68 Å². The Kier molecular flexibility index (Phi) is 7.05. The lowest BCUT2D eigenvalue weighted by Crippen LogP contribution is -2.27. The number of halogens is 3. The van der Waals surface area contributed by atoms with Gasteiger partial charge in [-0.2, -0.15) is 5.10 Å². The third kappa shape index (κ3) is 5.16. The molecule has 0 saturated heterocycles. The van der Waals surface area contributed by atoms with Crippen molar-refractivity contribution in [3.05, 3.63) is 76.2 Å². The molecule has 0 saturated carbocycles. The molecule has 2 N–H and O–H groups in total. The molecule has 7 nitrogen and oxygen atoms in total. The van der Waals surface area contributed by atoms with Crippen molar-refractivity contribution < 1.29 is 32.6 Å². The summed E-state index contributed by atoms with van der Waals surface area (Å²) in [5.41, 5.74) is -0.177. The van der Waals surface area contributed by atoms with Crippen LogP contribution in [-0.2, 0) is 13.5 Å². The second-order valence-electron chi connectivity index (χ2n) is 7.32. The average molecular weight is 461 g/mol. The molecule has 0 aliphatic rings. The lowest BCUT2D eigenvalue weighted by Gasteiger charge is -2.16. The molecule has 0 spiro atoms. The predicted molar refractivity (Wildman–Crippen MR) is 113 cm³/mol. The van der Waals surface area contributed by atoms with Crippen LogP contribution in [0, 0.1) is 5.82 Å². The Hall–Kier alpha value is -3.82. The number of aromatic nitrogens is 2. The fraction of sp³-hybridized carbons (Fsp3) is 0.261. The minimum absolute atomic E-state index is 0.0750. The van der Waals surface area contributed by atoms with Crippen LogP contribution in [0.5, 0.6) is 11.6 Å². The van der Waals surface area contributed by atoms with Gasteiger partial charge >= 0.3 is 5.97 Å². The molecule has 2 aromatic carbocycles. The van der Waals surface area contributed by atoms with E-state index in [-0.39, 0.29) is 17.2 Å². The molecular formula is C23H22F3N3O4. The number of hydrogen-bond donors (Lipinski definition) is 2. The maximum atomic E-state index is 13.8. The number of nitrogens with zero attached hydrogens (tertiary/aromatic N) is 2. The summed E-state index contributed by atoms with van der Waals surface area (Å²) in [5, 5.41) is 15.4. The summed E-state index contributed by atoms with van der Waals surface area (Å²) in [4.78, 5) is 24.0. The van der Waals surface area contributed by atoms with Crippen LogP contribution in [0.3, 0.4) is 0 Å². The number of hydrogen-bond acceptors (Lipinski definition) is 4. The number of alkyl halides is 2. The highest BCUT2D eigenvalue weighted by molar-refractivity contribution is 5.98. The lowest BCUT2D eigenvalue weighted by molar-refractivity contribution is 0.0696. The number of carbonyl (C=O) groups is 2. The van der Waals surface area contributed by atoms with Gasteiger partial charge in [0.2, 0.25) is 5.88 Å². The quantitative estimate of drug-likeness (QED) is 0.490. The lowest BCUT2D eigenvalue weighted by atomic mass is 10.1. The van der Waals surface area contributed by atoms with Gasteiger partial charge in [-0.05, 0) is 54.8 Å². The van der Waals surface area contributed by atoms with Gasteiger partial charge in [-0.15, -0.1) is 0 Å². The predicted octanol–water partition coefficient (Wildman–Crippen LogP) is 5.04. The van der Waals surface area contributed by atoms with Crippen LogP contribution in [0.4, 0.5) is 13.2 Å². The molecule has 10 heteroatoms. The van der Waals surface area contributed by atoms with Crippen LogP contribution in [-0.4, -0.2) is 26.8 Å². The molecule has 0 aliphatic carbocycles. The Bertz CT molecular complexity index is 1180. The zero-order valence-corrected chi connectivity index (χ0v) is 18.1. The Morgan fingerprint density at radius 1 is 1.18 bits per heavy atom. The van der Waals surface area contributed by atoms with Crippen LogP contribution in [0.2, 0.25) is 0 Å². The first-order valence-corrected chi connectivity index (χ1v) is 10.1. The van der Waals surface area contributed by atoms with Crippen LogP contribution in [0.1, 0.15) is 63.9 Å². The largest absolute Gasteiger partial charge is 0.478 e. The van der Waals surface area contributed by atoms with E-state index >= 15 is 0 Å². The average Bonchev–Trinajstić information content (AvgIpc) is 3.11. The molecule has 33 heavy (non-hydrogen) atoms. The summed E-state index contributed by atoms with van der Waals surface area (Å²) in [6.07, 6.45) is -2.65. The van der Waals surface area contributed by atoms with E-state index in [1.165, 1.54) is 49.5 Å². The van der Waals surface area contributed by atoms with Crippen molar-refractivity contribution in [3.63, 3.8) is 0 Å². The minimum Gasteiger partial charge on any atom is -0.478 e. The van der Waals surface area contributed by atoms with Crippen molar-refractivity contribution in [2.24, 2.45) is 7.05 Å². The highest BCUT2D eigenvalue weighted by Gasteiger charge is 2.30. The molecule has 0 fully saturated rings. The number of benzene rings is 2. The maximum absolute atomic E-state index is 13.8. The van der Waals surface area contributed by atoms with Crippen LogP contribution in [0.15, 0.2) is 42.5 Å². The number of carboxylic acid groups (broad SMARTS) is 1. The number of amides is 1. The van der Waals surface area contributed by atoms with Gasteiger partial charge in [0, 0.05) is 7.05 Å². The van der Waals surface area contributed by atoms with Crippen molar-refractivity contribution in [1.29, 1.82) is 0 Å². The van der Waals surface area contributed by atoms with Crippen LogP contribution in [0.25, 0.3) is 0 Å². The van der Waals surface area contributed by atoms with Crippen LogP contribution >= 0.6 is 0 Å². The molecule has 1 heterocycles. The van der Waals surface area contributed by atoms with Crippen molar-refractivity contribution in [1.82, 2.24) is 15.1 Å². The standard InChI is InChI=1S/C23H22F3N3O4/c1-4-13-11-16(9-10-17(13)24)33-22-18(19(20(25)26)28-29(22)3)21(30)27-12(2)14-5-7-15(8-6-14)23(31)32/h5-12,20H,4H2,1-3H3,(H,27,30)(H,31,32)/t12-/m0/s1. The third-order valence-electron chi connectivity index (χ3n) is 5.07. The number of carbonyl (C=O) groups excluding carboxylic acids is 1. The molecule has 0 radical (unpaired) electrons. The Balaban J connectivity index is 1.92. The van der Waals surface area contributed by atoms with E-state index in [2.05, 4.69) is 10.4 Å². The summed E-state index contributed by atoms with van der Waals surface area (Å²) in [5.74, 6) is -2.41. The highest BCUT2D eigenvalue weighted by Crippen LogP contribution is 2.33. The minimum atomic E-state index is -3.04. The van der Waals surface area contributed by atoms with Crippen LogP contribution < -0.4 is 10.1 Å². The molecular weight excluding hydrogens is 439 g/mol. The molecule has 0 bridgehead atoms. The van der Waals surface area contributed by atoms with Crippen molar-refractivity contribution in [2.45, 2.75) is 32.7 Å². The summed E-state index contributed by atoms with van der Waals surface area (Å²) >= 11 is 0. The monoisotopic (exact) mass is 461 g/mol. The number of rotatable bonds is 8. The normalized spacial score (nSPS) is 12.0. The first-order chi connectivity index (χ1) is 15.6. The third-order valence-corrected chi connectivity index (χ3v) is 5.07. The van der Waals surface area contributed by atoms with Gasteiger partial charge in [0.15, 0.2) is 0 Å². The second-order valence-corrected chi connectivity index (χ2v) is 7.32. The summed E-state index contributed by atoms with van der Waals surface area (Å²) in [6.45, 7) is 3.38. The fourth-order valence-corrected chi connectivity index (χ4v) is 3.28. The van der Waals surface area contributed by atoms with E-state index in [1.807, 2.05) is 0 Å². The Labute approximate surface area is 187 Å².